The average Bonchev–Trinajstić information content (AvgIpc) is 3.06. The molecule has 0 unspecified atom stereocenters. The molecule has 0 atom stereocenters. The Hall–Kier alpha value is -1.98. The molecule has 0 spiro atoms. The number of hydrogen-bond donors (Lipinski definition) is 0. The van der Waals surface area contributed by atoms with Gasteiger partial charge >= 0.3 is 0 Å². The standard InChI is InChI=1S/C20H18N2OS2/c23-19(9-13-6-8-24-11-13)22-7-5-16-10-15(3-4-18(16)22)17-12-25-20(21-17)14-1-2-14/h3-4,6,8,10-12,14H,1-2,5,7,9H2. The number of aromatic nitrogens is 1. The zero-order chi connectivity index (χ0) is 16.8. The SMILES string of the molecule is O=C(Cc1ccsc1)N1CCc2cc(-c3csc(C4CC4)n3)ccc21. The minimum absolute atomic E-state index is 0.189. The molecular formula is C20H18N2OS2. The van der Waals surface area contributed by atoms with E-state index < -0.39 is 0 Å². The quantitative estimate of drug-likeness (QED) is 0.659. The van der Waals surface area contributed by atoms with Crippen molar-refractivity contribution in [3.8, 4) is 11.3 Å². The second-order valence-corrected chi connectivity index (χ2v) is 8.46. The molecule has 126 valence electrons. The molecule has 0 saturated heterocycles. The van der Waals surface area contributed by atoms with Crippen LogP contribution in [0.1, 0.15) is 34.9 Å². The highest BCUT2D eigenvalue weighted by atomic mass is 32.1. The maximum atomic E-state index is 12.6. The van der Waals surface area contributed by atoms with Gasteiger partial charge < -0.3 is 4.90 Å². The van der Waals surface area contributed by atoms with Gasteiger partial charge in [-0.05, 0) is 59.3 Å². The molecule has 1 amide bonds. The summed E-state index contributed by atoms with van der Waals surface area (Å²) in [5.74, 6) is 0.896. The maximum absolute atomic E-state index is 12.6. The number of fused-ring (bicyclic) bond motifs is 1. The summed E-state index contributed by atoms with van der Waals surface area (Å²) < 4.78 is 0. The van der Waals surface area contributed by atoms with Gasteiger partial charge in [0.1, 0.15) is 0 Å². The van der Waals surface area contributed by atoms with Gasteiger partial charge in [0.25, 0.3) is 0 Å². The zero-order valence-electron chi connectivity index (χ0n) is 13.8. The predicted molar refractivity (Wildman–Crippen MR) is 104 cm³/mol. The molecule has 1 aliphatic heterocycles. The van der Waals surface area contributed by atoms with Crippen LogP contribution in [-0.2, 0) is 17.6 Å². The van der Waals surface area contributed by atoms with Crippen molar-refractivity contribution in [3.63, 3.8) is 0 Å². The molecule has 5 rings (SSSR count). The van der Waals surface area contributed by atoms with Crippen molar-refractivity contribution in [2.75, 3.05) is 11.4 Å². The zero-order valence-corrected chi connectivity index (χ0v) is 15.4. The van der Waals surface area contributed by atoms with Gasteiger partial charge in [-0.25, -0.2) is 4.98 Å². The predicted octanol–water partition coefficient (Wildman–Crippen LogP) is 4.88. The third-order valence-corrected chi connectivity index (χ3v) is 6.70. The minimum Gasteiger partial charge on any atom is -0.312 e. The number of carbonyl (C=O) groups is 1. The third-order valence-electron chi connectivity index (χ3n) is 4.96. The summed E-state index contributed by atoms with van der Waals surface area (Å²) in [5, 5.41) is 7.53. The summed E-state index contributed by atoms with van der Waals surface area (Å²) in [4.78, 5) is 19.4. The van der Waals surface area contributed by atoms with Crippen molar-refractivity contribution in [2.45, 2.75) is 31.6 Å². The van der Waals surface area contributed by atoms with Crippen molar-refractivity contribution in [1.29, 1.82) is 0 Å². The van der Waals surface area contributed by atoms with E-state index in [-0.39, 0.29) is 5.91 Å². The topological polar surface area (TPSA) is 33.2 Å². The van der Waals surface area contributed by atoms with Gasteiger partial charge in [0.2, 0.25) is 5.91 Å². The second kappa shape index (κ2) is 6.07. The van der Waals surface area contributed by atoms with E-state index in [1.54, 1.807) is 22.7 Å². The Labute approximate surface area is 155 Å². The van der Waals surface area contributed by atoms with E-state index in [4.69, 9.17) is 4.98 Å². The lowest BCUT2D eigenvalue weighted by atomic mass is 10.1. The molecule has 2 aromatic heterocycles. The van der Waals surface area contributed by atoms with Gasteiger partial charge in [-0.3, -0.25) is 4.79 Å². The molecule has 1 aliphatic carbocycles. The molecule has 2 aliphatic rings. The number of thiophene rings is 1. The fourth-order valence-corrected chi connectivity index (χ4v) is 5.09. The Morgan fingerprint density at radius 2 is 2.16 bits per heavy atom. The Balaban J connectivity index is 1.38. The molecular weight excluding hydrogens is 348 g/mol. The molecule has 0 bridgehead atoms. The van der Waals surface area contributed by atoms with Crippen LogP contribution in [0.3, 0.4) is 0 Å². The van der Waals surface area contributed by atoms with Crippen LogP contribution in [0, 0.1) is 0 Å². The first-order valence-electron chi connectivity index (χ1n) is 8.68. The van der Waals surface area contributed by atoms with E-state index in [9.17, 15) is 4.79 Å². The molecule has 3 aromatic rings. The van der Waals surface area contributed by atoms with Crippen LogP contribution in [0.2, 0.25) is 0 Å². The van der Waals surface area contributed by atoms with Gasteiger partial charge in [-0.1, -0.05) is 6.07 Å². The van der Waals surface area contributed by atoms with Crippen LogP contribution < -0.4 is 4.90 Å². The number of hydrogen-bond acceptors (Lipinski definition) is 4. The summed E-state index contributed by atoms with van der Waals surface area (Å²) in [6.45, 7) is 0.784. The van der Waals surface area contributed by atoms with Crippen molar-refractivity contribution < 1.29 is 4.79 Å². The van der Waals surface area contributed by atoms with E-state index in [2.05, 4.69) is 29.0 Å². The fraction of sp³-hybridized carbons (Fsp3) is 0.300. The molecule has 1 aromatic carbocycles. The third kappa shape index (κ3) is 2.92. The van der Waals surface area contributed by atoms with Crippen LogP contribution in [0.15, 0.2) is 40.4 Å². The molecule has 1 saturated carbocycles. The van der Waals surface area contributed by atoms with E-state index in [1.807, 2.05) is 16.3 Å². The molecule has 5 heteroatoms. The summed E-state index contributed by atoms with van der Waals surface area (Å²) in [5.41, 5.74) is 5.70. The van der Waals surface area contributed by atoms with E-state index in [1.165, 1.54) is 29.0 Å². The minimum atomic E-state index is 0.189. The smallest absolute Gasteiger partial charge is 0.231 e. The lowest BCUT2D eigenvalue weighted by molar-refractivity contribution is -0.117. The largest absolute Gasteiger partial charge is 0.312 e. The van der Waals surface area contributed by atoms with Crippen LogP contribution in [-0.4, -0.2) is 17.4 Å². The number of carbonyl (C=O) groups excluding carboxylic acids is 1. The van der Waals surface area contributed by atoms with Crippen LogP contribution in [0.5, 0.6) is 0 Å². The number of amides is 1. The fourth-order valence-electron chi connectivity index (χ4n) is 3.42. The maximum Gasteiger partial charge on any atom is 0.231 e. The summed E-state index contributed by atoms with van der Waals surface area (Å²) in [6, 6.07) is 8.46. The average molecular weight is 367 g/mol. The second-order valence-electron chi connectivity index (χ2n) is 6.79. The van der Waals surface area contributed by atoms with Crippen molar-refractivity contribution in [3.05, 3.63) is 56.5 Å². The molecule has 3 heterocycles. The highest BCUT2D eigenvalue weighted by molar-refractivity contribution is 7.10. The molecule has 0 radical (unpaired) electrons. The number of benzene rings is 1. The first-order valence-corrected chi connectivity index (χ1v) is 10.5. The molecule has 3 nitrogen and oxygen atoms in total. The van der Waals surface area contributed by atoms with Crippen molar-refractivity contribution in [2.24, 2.45) is 0 Å². The monoisotopic (exact) mass is 366 g/mol. The van der Waals surface area contributed by atoms with Crippen LogP contribution in [0.25, 0.3) is 11.3 Å². The Kier molecular flexibility index (Phi) is 3.71. The normalized spacial score (nSPS) is 16.2. The van der Waals surface area contributed by atoms with Gasteiger partial charge in [-0.2, -0.15) is 11.3 Å². The first kappa shape index (κ1) is 15.3. The molecule has 1 fully saturated rings. The Morgan fingerprint density at radius 1 is 1.24 bits per heavy atom. The number of rotatable bonds is 4. The lowest BCUT2D eigenvalue weighted by Crippen LogP contribution is -2.30. The lowest BCUT2D eigenvalue weighted by Gasteiger charge is -2.17. The van der Waals surface area contributed by atoms with Gasteiger partial charge in [0.05, 0.1) is 17.1 Å². The summed E-state index contributed by atoms with van der Waals surface area (Å²) >= 11 is 3.42. The number of nitrogens with zero attached hydrogens (tertiary/aromatic N) is 2. The van der Waals surface area contributed by atoms with Gasteiger partial charge in [0, 0.05) is 29.1 Å². The van der Waals surface area contributed by atoms with Crippen LogP contribution in [0.4, 0.5) is 5.69 Å². The summed E-state index contributed by atoms with van der Waals surface area (Å²) in [7, 11) is 0. The van der Waals surface area contributed by atoms with E-state index >= 15 is 0 Å². The highest BCUT2D eigenvalue weighted by Gasteiger charge is 2.28. The van der Waals surface area contributed by atoms with E-state index in [0.717, 1.165) is 29.9 Å². The Bertz CT molecular complexity index is 925. The number of thiazole rings is 1. The first-order chi connectivity index (χ1) is 12.3. The summed E-state index contributed by atoms with van der Waals surface area (Å²) in [6.07, 6.45) is 4.00. The Morgan fingerprint density at radius 3 is 2.96 bits per heavy atom. The van der Waals surface area contributed by atoms with Crippen molar-refractivity contribution in [1.82, 2.24) is 4.98 Å². The van der Waals surface area contributed by atoms with E-state index in [0.29, 0.717) is 12.3 Å². The highest BCUT2D eigenvalue weighted by Crippen LogP contribution is 2.43. The molecule has 0 N–H and O–H groups in total. The molecule has 25 heavy (non-hydrogen) atoms. The van der Waals surface area contributed by atoms with Crippen LogP contribution >= 0.6 is 22.7 Å². The number of anilines is 1. The van der Waals surface area contributed by atoms with Gasteiger partial charge in [0.15, 0.2) is 0 Å². The van der Waals surface area contributed by atoms with Crippen molar-refractivity contribution >= 4 is 34.3 Å². The van der Waals surface area contributed by atoms with Gasteiger partial charge in [-0.15, -0.1) is 11.3 Å².